The number of rotatable bonds is 13. The lowest BCUT2D eigenvalue weighted by atomic mass is 9.75. The van der Waals surface area contributed by atoms with Crippen molar-refractivity contribution in [3.05, 3.63) is 29.8 Å². The SMILES string of the molecule is CCCNC[C@]1(O)[C@H](C)O[C@@H](O[C@H]2[C@H](C)[C@@H](O[C@@H]3O[C@H](C)C[C@H](NC)[C@H]3Oc3cccc(C)c3)[C@](C)(O)C[C@@H](C)CN[C@H](C)[C@@H](O)[C@](C)(O)[C@@H](CC)OC(=O)[C@@H]2C)C[C@@]1(C)OC. The summed E-state index contributed by atoms with van der Waals surface area (Å²) in [5.41, 5.74) is -4.92. The Morgan fingerprint density at radius 3 is 2.27 bits per heavy atom. The summed E-state index contributed by atoms with van der Waals surface area (Å²) in [6.45, 7) is 23.2. The summed E-state index contributed by atoms with van der Waals surface area (Å²) in [5.74, 6) is -1.98. The van der Waals surface area contributed by atoms with Crippen molar-refractivity contribution in [1.29, 1.82) is 0 Å². The van der Waals surface area contributed by atoms with Crippen LogP contribution in [-0.2, 0) is 33.2 Å². The number of aliphatic hydroxyl groups excluding tert-OH is 1. The predicted octanol–water partition coefficient (Wildman–Crippen LogP) is 3.98. The Hall–Kier alpha value is -1.99. The van der Waals surface area contributed by atoms with Crippen LogP contribution in [0.2, 0.25) is 0 Å². The third kappa shape index (κ3) is 12.1. The quantitative estimate of drug-likeness (QED) is 0.111. The number of likely N-dealkylation sites (N-methyl/N-ethyl adjacent to an activating group) is 1. The van der Waals surface area contributed by atoms with Crippen LogP contribution in [0.5, 0.6) is 5.75 Å². The summed E-state index contributed by atoms with van der Waals surface area (Å²) >= 11 is 0. The highest BCUT2D eigenvalue weighted by Crippen LogP contribution is 2.43. The molecule has 0 aromatic heterocycles. The van der Waals surface area contributed by atoms with Crippen molar-refractivity contribution in [2.24, 2.45) is 17.8 Å². The van der Waals surface area contributed by atoms with E-state index in [2.05, 4.69) is 16.0 Å². The first-order chi connectivity index (χ1) is 29.0. The summed E-state index contributed by atoms with van der Waals surface area (Å²) in [4.78, 5) is 14.5. The van der Waals surface area contributed by atoms with Crippen molar-refractivity contribution >= 4 is 5.97 Å². The van der Waals surface area contributed by atoms with Crippen LogP contribution >= 0.6 is 0 Å². The Kier molecular flexibility index (Phi) is 18.7. The Labute approximate surface area is 371 Å². The largest absolute Gasteiger partial charge is 0.483 e. The zero-order valence-corrected chi connectivity index (χ0v) is 40.1. The van der Waals surface area contributed by atoms with Crippen LogP contribution in [0.25, 0.3) is 0 Å². The van der Waals surface area contributed by atoms with Crippen molar-refractivity contribution in [3.8, 4) is 5.75 Å². The molecular weight excluding hydrogens is 799 g/mol. The molecule has 15 heteroatoms. The van der Waals surface area contributed by atoms with Gasteiger partial charge in [-0.05, 0) is 125 Å². The van der Waals surface area contributed by atoms with E-state index in [1.54, 1.807) is 41.7 Å². The highest BCUT2D eigenvalue weighted by molar-refractivity contribution is 5.73. The molecule has 3 aliphatic rings. The standard InChI is InChI=1S/C47H83N3O12/c1-15-20-49-26-47(55)33(9)58-37(24-45(47,11)56-14)61-38-30(6)41(62-43-39(35(48-13)22-29(5)57-43)59-34-19-17-18-27(3)21-34)44(10,53)23-28(4)25-50-32(8)40(51)46(12,54)36(16-2)60-42(52)31(38)7/h17-19,21,28-33,35-41,43,48-51,53-55H,15-16,20,22-26H2,1-14H3/t28-,29-,30+,31-,32-,33+,35+,36-,37+,38+,39-,40-,41-,43+,44-,45-,46-,47+/m1/s1. The van der Waals surface area contributed by atoms with Crippen LogP contribution in [0.15, 0.2) is 24.3 Å². The molecule has 358 valence electrons. The topological polar surface area (TPSA) is 199 Å². The van der Waals surface area contributed by atoms with Crippen LogP contribution in [0.4, 0.5) is 0 Å². The number of nitrogens with one attached hydrogen (secondary N) is 3. The minimum absolute atomic E-state index is 0.101. The van der Waals surface area contributed by atoms with Crippen molar-refractivity contribution in [3.63, 3.8) is 0 Å². The van der Waals surface area contributed by atoms with Gasteiger partial charge < -0.3 is 69.5 Å². The van der Waals surface area contributed by atoms with Crippen molar-refractivity contribution in [2.75, 3.05) is 33.8 Å². The van der Waals surface area contributed by atoms with Crippen molar-refractivity contribution in [1.82, 2.24) is 16.0 Å². The predicted molar refractivity (Wildman–Crippen MR) is 237 cm³/mol. The van der Waals surface area contributed by atoms with E-state index in [1.807, 2.05) is 72.9 Å². The van der Waals surface area contributed by atoms with Crippen LogP contribution in [0, 0.1) is 24.7 Å². The molecule has 3 aliphatic heterocycles. The highest BCUT2D eigenvalue weighted by atomic mass is 16.7. The zero-order valence-electron chi connectivity index (χ0n) is 40.1. The normalized spacial score (nSPS) is 44.2. The lowest BCUT2D eigenvalue weighted by Crippen LogP contribution is -2.70. The van der Waals surface area contributed by atoms with Gasteiger partial charge in [0.2, 0.25) is 0 Å². The van der Waals surface area contributed by atoms with Crippen molar-refractivity contribution in [2.45, 2.75) is 205 Å². The highest BCUT2D eigenvalue weighted by Gasteiger charge is 2.58. The summed E-state index contributed by atoms with van der Waals surface area (Å²) in [6.07, 6.45) is -5.98. The number of hydrogen-bond acceptors (Lipinski definition) is 15. The maximum Gasteiger partial charge on any atom is 0.311 e. The van der Waals surface area contributed by atoms with E-state index in [4.69, 9.17) is 33.2 Å². The number of hydrogen-bond donors (Lipinski definition) is 7. The van der Waals surface area contributed by atoms with Crippen LogP contribution < -0.4 is 20.7 Å². The molecule has 0 saturated carbocycles. The molecule has 7 N–H and O–H groups in total. The fourth-order valence-electron chi connectivity index (χ4n) is 9.97. The second-order valence-electron chi connectivity index (χ2n) is 19.5. The molecule has 18 atom stereocenters. The molecule has 0 spiro atoms. The van der Waals surface area contributed by atoms with Gasteiger partial charge in [0.25, 0.3) is 0 Å². The Balaban J connectivity index is 1.85. The monoisotopic (exact) mass is 882 g/mol. The summed E-state index contributed by atoms with van der Waals surface area (Å²) in [6, 6.07) is 6.99. The molecule has 62 heavy (non-hydrogen) atoms. The van der Waals surface area contributed by atoms with E-state index in [1.165, 1.54) is 6.92 Å². The fourth-order valence-corrected chi connectivity index (χ4v) is 9.97. The number of aryl methyl sites for hydroxylation is 1. The van der Waals surface area contributed by atoms with Gasteiger partial charge in [0.1, 0.15) is 34.8 Å². The average Bonchev–Trinajstić information content (AvgIpc) is 3.21. The van der Waals surface area contributed by atoms with Gasteiger partial charge in [-0.15, -0.1) is 0 Å². The molecule has 1 aromatic rings. The first-order valence-corrected chi connectivity index (χ1v) is 23.1. The molecule has 3 saturated heterocycles. The molecule has 3 heterocycles. The maximum atomic E-state index is 14.5. The Morgan fingerprint density at radius 2 is 1.66 bits per heavy atom. The number of carbonyl (C=O) groups is 1. The van der Waals surface area contributed by atoms with Crippen LogP contribution in [0.1, 0.15) is 114 Å². The third-order valence-electron chi connectivity index (χ3n) is 14.0. The lowest BCUT2D eigenvalue weighted by molar-refractivity contribution is -0.335. The minimum Gasteiger partial charge on any atom is -0.483 e. The Bertz CT molecular complexity index is 1550. The molecule has 0 aliphatic carbocycles. The van der Waals surface area contributed by atoms with E-state index in [9.17, 15) is 25.2 Å². The second kappa shape index (κ2) is 22.0. The van der Waals surface area contributed by atoms with Gasteiger partial charge >= 0.3 is 5.97 Å². The van der Waals surface area contributed by atoms with Gasteiger partial charge in [0.15, 0.2) is 18.7 Å². The van der Waals surface area contributed by atoms with Gasteiger partial charge in [-0.1, -0.05) is 39.8 Å². The molecule has 0 amide bonds. The molecule has 0 unspecified atom stereocenters. The zero-order chi connectivity index (χ0) is 46.4. The van der Waals surface area contributed by atoms with E-state index >= 15 is 0 Å². The molecule has 4 rings (SSSR count). The van der Waals surface area contributed by atoms with E-state index in [0.29, 0.717) is 25.3 Å². The van der Waals surface area contributed by atoms with Gasteiger partial charge in [0.05, 0.1) is 42.0 Å². The molecule has 0 bridgehead atoms. The van der Waals surface area contributed by atoms with Crippen LogP contribution in [-0.4, -0.2) is 150 Å². The molecule has 0 radical (unpaired) electrons. The first-order valence-electron chi connectivity index (χ1n) is 23.1. The van der Waals surface area contributed by atoms with Crippen LogP contribution in [0.3, 0.4) is 0 Å². The number of ether oxygens (including phenoxy) is 7. The molecule has 15 nitrogen and oxygen atoms in total. The van der Waals surface area contributed by atoms with Gasteiger partial charge in [-0.3, -0.25) is 4.79 Å². The lowest BCUT2D eigenvalue weighted by Gasteiger charge is -2.53. The fraction of sp³-hybridized carbons (Fsp3) is 0.851. The van der Waals surface area contributed by atoms with E-state index in [0.717, 1.165) is 12.0 Å². The van der Waals surface area contributed by atoms with E-state index < -0.39 is 95.5 Å². The number of esters is 1. The number of carbonyl (C=O) groups excluding carboxylic acids is 1. The molecule has 1 aromatic carbocycles. The average molecular weight is 882 g/mol. The van der Waals surface area contributed by atoms with Crippen molar-refractivity contribution < 1.29 is 58.4 Å². The van der Waals surface area contributed by atoms with Gasteiger partial charge in [-0.2, -0.15) is 0 Å². The Morgan fingerprint density at radius 1 is 0.968 bits per heavy atom. The third-order valence-corrected chi connectivity index (χ3v) is 14.0. The number of cyclic esters (lactones) is 1. The minimum atomic E-state index is -1.82. The van der Waals surface area contributed by atoms with E-state index in [-0.39, 0.29) is 43.9 Å². The summed E-state index contributed by atoms with van der Waals surface area (Å²) in [7, 11) is 3.43. The smallest absolute Gasteiger partial charge is 0.311 e. The number of methoxy groups -OCH3 is 1. The van der Waals surface area contributed by atoms with Gasteiger partial charge in [0, 0.05) is 32.0 Å². The number of aliphatic hydroxyl groups is 4. The molecular formula is C47H83N3O12. The van der Waals surface area contributed by atoms with Gasteiger partial charge in [-0.25, -0.2) is 0 Å². The molecule has 3 fully saturated rings. The summed E-state index contributed by atoms with van der Waals surface area (Å²) in [5, 5.41) is 58.3. The maximum absolute atomic E-state index is 14.5. The first kappa shape index (κ1) is 52.6. The summed E-state index contributed by atoms with van der Waals surface area (Å²) < 4.78 is 46.0. The second-order valence-corrected chi connectivity index (χ2v) is 19.5. The number of benzene rings is 1.